The van der Waals surface area contributed by atoms with Gasteiger partial charge in [-0.15, -0.1) is 0 Å². The Morgan fingerprint density at radius 2 is 1.82 bits per heavy atom. The maximum Gasteiger partial charge on any atom is 0.131 e. The fraction of sp³-hybridized carbons (Fsp3) is 0.143. The van der Waals surface area contributed by atoms with E-state index in [2.05, 4.69) is 0 Å². The number of hydrogen-bond donors (Lipinski definition) is 1. The number of halogens is 2. The summed E-state index contributed by atoms with van der Waals surface area (Å²) in [6.45, 7) is 3.76. The summed E-state index contributed by atoms with van der Waals surface area (Å²) in [4.78, 5) is 0. The smallest absolute Gasteiger partial charge is 0.131 e. The Morgan fingerprint density at radius 1 is 1.12 bits per heavy atom. The van der Waals surface area contributed by atoms with Gasteiger partial charge in [-0.1, -0.05) is 23.7 Å². The molecule has 0 aliphatic heterocycles. The van der Waals surface area contributed by atoms with E-state index in [1.54, 1.807) is 18.2 Å². The highest BCUT2D eigenvalue weighted by Gasteiger charge is 2.10. The molecule has 0 bridgehead atoms. The number of nitrogens with two attached hydrogens (primary N) is 1. The normalized spacial score (nSPS) is 10.6. The summed E-state index contributed by atoms with van der Waals surface area (Å²) in [5.41, 5.74) is 9.33. The second-order valence-corrected chi connectivity index (χ2v) is 4.58. The zero-order valence-corrected chi connectivity index (χ0v) is 10.5. The maximum atomic E-state index is 14.0. The van der Waals surface area contributed by atoms with Gasteiger partial charge in [0.25, 0.3) is 0 Å². The van der Waals surface area contributed by atoms with Crippen molar-refractivity contribution in [2.75, 3.05) is 5.73 Å². The van der Waals surface area contributed by atoms with E-state index in [9.17, 15) is 4.39 Å². The van der Waals surface area contributed by atoms with Crippen molar-refractivity contribution >= 4 is 17.3 Å². The van der Waals surface area contributed by atoms with Crippen molar-refractivity contribution in [3.05, 3.63) is 52.3 Å². The summed E-state index contributed by atoms with van der Waals surface area (Å²) in [7, 11) is 0. The minimum atomic E-state index is -0.232. The van der Waals surface area contributed by atoms with Gasteiger partial charge >= 0.3 is 0 Å². The minimum Gasteiger partial charge on any atom is -0.398 e. The monoisotopic (exact) mass is 249 g/mol. The van der Waals surface area contributed by atoms with Crippen molar-refractivity contribution in [2.24, 2.45) is 0 Å². The van der Waals surface area contributed by atoms with Gasteiger partial charge in [-0.3, -0.25) is 0 Å². The summed E-state index contributed by atoms with van der Waals surface area (Å²) in [5.74, 6) is -0.232. The molecule has 0 fully saturated rings. The first-order valence-electron chi connectivity index (χ1n) is 5.31. The van der Waals surface area contributed by atoms with Gasteiger partial charge in [0.15, 0.2) is 0 Å². The summed E-state index contributed by atoms with van der Waals surface area (Å²) < 4.78 is 14.0. The summed E-state index contributed by atoms with van der Waals surface area (Å²) >= 11 is 5.85. The van der Waals surface area contributed by atoms with Gasteiger partial charge in [0.1, 0.15) is 5.82 Å². The Balaban J connectivity index is 2.64. The molecule has 0 aliphatic rings. The van der Waals surface area contributed by atoms with E-state index in [4.69, 9.17) is 17.3 Å². The lowest BCUT2D eigenvalue weighted by Gasteiger charge is -2.10. The second kappa shape index (κ2) is 4.38. The molecule has 0 saturated heterocycles. The van der Waals surface area contributed by atoms with Gasteiger partial charge in [0, 0.05) is 5.56 Å². The third kappa shape index (κ3) is 2.27. The zero-order valence-electron chi connectivity index (χ0n) is 9.72. The molecule has 88 valence electrons. The average molecular weight is 250 g/mol. The predicted molar refractivity (Wildman–Crippen MR) is 70.7 cm³/mol. The molecule has 0 saturated carbocycles. The van der Waals surface area contributed by atoms with Crippen molar-refractivity contribution in [3.8, 4) is 11.1 Å². The Morgan fingerprint density at radius 3 is 2.41 bits per heavy atom. The van der Waals surface area contributed by atoms with E-state index >= 15 is 0 Å². The predicted octanol–water partition coefficient (Wildman–Crippen LogP) is 4.35. The molecule has 2 aromatic carbocycles. The van der Waals surface area contributed by atoms with Crippen LogP contribution in [0.3, 0.4) is 0 Å². The van der Waals surface area contributed by atoms with Gasteiger partial charge in [-0.25, -0.2) is 4.39 Å². The van der Waals surface area contributed by atoms with Crippen LogP contribution in [-0.4, -0.2) is 0 Å². The molecule has 17 heavy (non-hydrogen) atoms. The summed E-state index contributed by atoms with van der Waals surface area (Å²) in [6, 6.07) is 8.63. The first-order valence-corrected chi connectivity index (χ1v) is 5.69. The van der Waals surface area contributed by atoms with Gasteiger partial charge in [0.05, 0.1) is 10.7 Å². The van der Waals surface area contributed by atoms with Crippen LogP contribution < -0.4 is 5.73 Å². The lowest BCUT2D eigenvalue weighted by molar-refractivity contribution is 0.629. The number of benzene rings is 2. The van der Waals surface area contributed by atoms with Crippen LogP contribution in [0.25, 0.3) is 11.1 Å². The molecule has 0 aliphatic carbocycles. The molecule has 0 heterocycles. The van der Waals surface area contributed by atoms with Gasteiger partial charge in [-0.2, -0.15) is 0 Å². The molecule has 0 spiro atoms. The fourth-order valence-corrected chi connectivity index (χ4v) is 2.10. The molecular weight excluding hydrogens is 237 g/mol. The largest absolute Gasteiger partial charge is 0.398 e. The van der Waals surface area contributed by atoms with Crippen LogP contribution in [-0.2, 0) is 0 Å². The molecule has 3 heteroatoms. The average Bonchev–Trinajstić information content (AvgIpc) is 2.21. The Labute approximate surface area is 105 Å². The fourth-order valence-electron chi connectivity index (χ4n) is 1.98. The van der Waals surface area contributed by atoms with Gasteiger partial charge in [0.2, 0.25) is 0 Å². The molecule has 0 atom stereocenters. The van der Waals surface area contributed by atoms with Crippen molar-refractivity contribution < 1.29 is 4.39 Å². The number of rotatable bonds is 1. The van der Waals surface area contributed by atoms with Crippen LogP contribution in [0.1, 0.15) is 11.1 Å². The van der Waals surface area contributed by atoms with Crippen molar-refractivity contribution in [1.82, 2.24) is 0 Å². The molecule has 0 radical (unpaired) electrons. The first-order chi connectivity index (χ1) is 7.99. The topological polar surface area (TPSA) is 26.0 Å². The molecule has 0 unspecified atom stereocenters. The number of hydrogen-bond acceptors (Lipinski definition) is 1. The van der Waals surface area contributed by atoms with E-state index in [0.29, 0.717) is 16.3 Å². The van der Waals surface area contributed by atoms with E-state index < -0.39 is 0 Å². The maximum absolute atomic E-state index is 14.0. The highest BCUT2D eigenvalue weighted by molar-refractivity contribution is 6.33. The van der Waals surface area contributed by atoms with E-state index in [0.717, 1.165) is 16.7 Å². The number of aryl methyl sites for hydroxylation is 2. The van der Waals surface area contributed by atoms with Gasteiger partial charge in [-0.05, 0) is 48.7 Å². The van der Waals surface area contributed by atoms with Crippen LogP contribution in [0.2, 0.25) is 5.02 Å². The van der Waals surface area contributed by atoms with E-state index in [1.165, 1.54) is 6.07 Å². The molecular formula is C14H13ClFN. The second-order valence-electron chi connectivity index (χ2n) is 4.17. The van der Waals surface area contributed by atoms with Crippen molar-refractivity contribution in [3.63, 3.8) is 0 Å². The van der Waals surface area contributed by atoms with Crippen LogP contribution >= 0.6 is 11.6 Å². The third-order valence-corrected chi connectivity index (χ3v) is 3.06. The van der Waals surface area contributed by atoms with Crippen molar-refractivity contribution in [2.45, 2.75) is 13.8 Å². The highest BCUT2D eigenvalue weighted by Crippen LogP contribution is 2.31. The van der Waals surface area contributed by atoms with E-state index in [1.807, 2.05) is 19.9 Å². The number of nitrogen functional groups attached to an aromatic ring is 1. The summed E-state index contributed by atoms with van der Waals surface area (Å²) in [5, 5.41) is 0.485. The highest BCUT2D eigenvalue weighted by atomic mass is 35.5. The molecule has 2 N–H and O–H groups in total. The van der Waals surface area contributed by atoms with Crippen LogP contribution in [0.15, 0.2) is 30.3 Å². The quantitative estimate of drug-likeness (QED) is 0.748. The SMILES string of the molecule is Cc1cc(C)c(-c2ccc(Cl)c(N)c2)c(F)c1. The van der Waals surface area contributed by atoms with Crippen LogP contribution in [0.4, 0.5) is 10.1 Å². The van der Waals surface area contributed by atoms with Gasteiger partial charge < -0.3 is 5.73 Å². The molecule has 2 aromatic rings. The molecule has 0 aromatic heterocycles. The molecule has 0 amide bonds. The van der Waals surface area contributed by atoms with Crippen LogP contribution in [0, 0.1) is 19.7 Å². The van der Waals surface area contributed by atoms with Crippen molar-refractivity contribution in [1.29, 1.82) is 0 Å². The van der Waals surface area contributed by atoms with Crippen LogP contribution in [0.5, 0.6) is 0 Å². The molecule has 1 nitrogen and oxygen atoms in total. The Bertz CT molecular complexity index is 555. The Hall–Kier alpha value is -1.54. The lowest BCUT2D eigenvalue weighted by atomic mass is 9.98. The number of anilines is 1. The zero-order chi connectivity index (χ0) is 12.6. The lowest BCUT2D eigenvalue weighted by Crippen LogP contribution is -1.93. The molecule has 2 rings (SSSR count). The first kappa shape index (κ1) is 11.9. The minimum absolute atomic E-state index is 0.232. The third-order valence-electron chi connectivity index (χ3n) is 2.72. The summed E-state index contributed by atoms with van der Waals surface area (Å²) in [6.07, 6.45) is 0. The van der Waals surface area contributed by atoms with E-state index in [-0.39, 0.29) is 5.82 Å². The Kier molecular flexibility index (Phi) is 3.07. The standard InChI is InChI=1S/C14H13ClFN/c1-8-5-9(2)14(12(16)6-8)10-3-4-11(15)13(17)7-10/h3-7H,17H2,1-2H3.